The van der Waals surface area contributed by atoms with Crippen LogP contribution >= 0.6 is 0 Å². The first-order valence-corrected chi connectivity index (χ1v) is 10.5. The molecule has 154 valence electrons. The number of benzene rings is 3. The second-order valence-electron chi connectivity index (χ2n) is 7.77. The summed E-state index contributed by atoms with van der Waals surface area (Å²) in [6.45, 7) is 2.08. The molecule has 0 heterocycles. The molecule has 0 amide bonds. The van der Waals surface area contributed by atoms with E-state index in [1.807, 2.05) is 72.8 Å². The number of nitrogens with one attached hydrogen (secondary N) is 2. The predicted molar refractivity (Wildman–Crippen MR) is 136 cm³/mol. The summed E-state index contributed by atoms with van der Waals surface area (Å²) in [7, 11) is 14.0. The molecule has 6 heteroatoms. The molecule has 4 rings (SSSR count). The first-order valence-electron chi connectivity index (χ1n) is 10.5. The van der Waals surface area contributed by atoms with E-state index in [0.717, 1.165) is 44.7 Å². The van der Waals surface area contributed by atoms with Crippen LogP contribution < -0.4 is 10.1 Å². The Bertz CT molecular complexity index is 1180. The highest BCUT2D eigenvalue weighted by Crippen LogP contribution is 2.20. The van der Waals surface area contributed by atoms with Crippen molar-refractivity contribution in [1.29, 1.82) is 0 Å². The van der Waals surface area contributed by atoms with Crippen LogP contribution in [0.3, 0.4) is 0 Å². The second kappa shape index (κ2) is 9.67. The van der Waals surface area contributed by atoms with Crippen LogP contribution in [0.15, 0.2) is 102 Å². The number of quaternary nitrogens is 1. The largest absolute Gasteiger partial charge is 0.539 e. The predicted octanol–water partition coefficient (Wildman–Crippen LogP) is 4.04. The van der Waals surface area contributed by atoms with Crippen LogP contribution in [-0.4, -0.2) is 38.9 Å². The number of allylic oxidation sites excluding steroid dienone is 4. The maximum Gasteiger partial charge on any atom is 0.140 e. The Morgan fingerprint density at radius 3 is 1.78 bits per heavy atom. The topological polar surface area (TPSA) is 31.8 Å². The summed E-state index contributed by atoms with van der Waals surface area (Å²) >= 11 is 0. The summed E-state index contributed by atoms with van der Waals surface area (Å²) in [5, 5.41) is 3.41. The lowest BCUT2D eigenvalue weighted by Gasteiger charge is -2.26. The molecule has 0 spiro atoms. The number of hydrogen-bond acceptors (Lipinski definition) is 2. The molecule has 0 saturated heterocycles. The molecule has 3 aromatic rings. The molecular weight excluding hydrogens is 390 g/mol. The van der Waals surface area contributed by atoms with Gasteiger partial charge in [0, 0.05) is 23.5 Å². The van der Waals surface area contributed by atoms with Gasteiger partial charge in [0.2, 0.25) is 0 Å². The van der Waals surface area contributed by atoms with Gasteiger partial charge in [-0.25, -0.2) is 13.0 Å². The molecule has 1 atom stereocenters. The van der Waals surface area contributed by atoms with Crippen LogP contribution in [0.5, 0.6) is 0 Å². The average molecular weight is 414 g/mol. The first-order chi connectivity index (χ1) is 15.5. The van der Waals surface area contributed by atoms with Gasteiger partial charge in [-0.05, 0) is 79.7 Å². The van der Waals surface area contributed by atoms with Gasteiger partial charge in [0.25, 0.3) is 0 Å². The third kappa shape index (κ3) is 5.34. The van der Waals surface area contributed by atoms with Crippen molar-refractivity contribution in [3.8, 4) is 0 Å². The third-order valence-electron chi connectivity index (χ3n) is 5.23. The Kier molecular flexibility index (Phi) is 6.52. The Morgan fingerprint density at radius 1 is 0.750 bits per heavy atom. The van der Waals surface area contributed by atoms with Gasteiger partial charge in [0.05, 0.1) is 29.8 Å². The fraction of sp³-hybridized carbons (Fsp3) is 0.0769. The molecule has 1 aliphatic rings. The molecule has 0 aromatic heterocycles. The van der Waals surface area contributed by atoms with E-state index in [1.54, 1.807) is 11.5 Å². The summed E-state index contributed by atoms with van der Waals surface area (Å²) in [5.41, 5.74) is 7.93. The molecule has 4 nitrogen and oxygen atoms in total. The minimum atomic E-state index is 0.730. The van der Waals surface area contributed by atoms with Gasteiger partial charge in [-0.1, -0.05) is 17.7 Å². The minimum Gasteiger partial charge on any atom is -0.539 e. The molecule has 1 aliphatic carbocycles. The monoisotopic (exact) mass is 414 g/mol. The summed E-state index contributed by atoms with van der Waals surface area (Å²) in [6.07, 6.45) is 7.77. The van der Waals surface area contributed by atoms with Crippen molar-refractivity contribution in [2.75, 3.05) is 12.4 Å². The smallest absolute Gasteiger partial charge is 0.140 e. The lowest BCUT2D eigenvalue weighted by molar-refractivity contribution is -0.618. The lowest BCUT2D eigenvalue weighted by atomic mass is 10.1. The van der Waals surface area contributed by atoms with Crippen molar-refractivity contribution in [3.63, 3.8) is 0 Å². The maximum atomic E-state index is 6.43. The molecular formula is C26H24B2N4. The number of nitrogens with zero attached hydrogens (tertiary/aromatic N) is 2. The third-order valence-corrected chi connectivity index (χ3v) is 5.23. The zero-order valence-corrected chi connectivity index (χ0v) is 18.3. The SMILES string of the molecule is [B-][N+](C)=C1C=CC(=Nc2ccc([NH+]([B-])c3ccc(Nc4ccc(C)cc4)cc3)cc2)C=C1. The summed E-state index contributed by atoms with van der Waals surface area (Å²) in [6, 6.07) is 24.4. The van der Waals surface area contributed by atoms with Gasteiger partial charge in [0.1, 0.15) is 5.71 Å². The van der Waals surface area contributed by atoms with E-state index in [-0.39, 0.29) is 0 Å². The fourth-order valence-corrected chi connectivity index (χ4v) is 3.33. The molecule has 1 unspecified atom stereocenters. The van der Waals surface area contributed by atoms with Crippen LogP contribution in [0.2, 0.25) is 0 Å². The number of rotatable bonds is 5. The highest BCUT2D eigenvalue weighted by molar-refractivity contribution is 6.19. The van der Waals surface area contributed by atoms with Crippen molar-refractivity contribution < 1.29 is 9.30 Å². The van der Waals surface area contributed by atoms with Gasteiger partial charge < -0.3 is 14.6 Å². The van der Waals surface area contributed by atoms with Crippen LogP contribution in [-0.2, 0) is 0 Å². The van der Waals surface area contributed by atoms with Gasteiger partial charge in [-0.2, -0.15) is 0 Å². The highest BCUT2D eigenvalue weighted by Gasteiger charge is 2.05. The molecule has 2 N–H and O–H groups in total. The van der Waals surface area contributed by atoms with Gasteiger partial charge in [0.15, 0.2) is 0 Å². The maximum absolute atomic E-state index is 6.43. The summed E-state index contributed by atoms with van der Waals surface area (Å²) in [4.78, 5) is 5.38. The number of anilines is 2. The summed E-state index contributed by atoms with van der Waals surface area (Å²) in [5.74, 6) is 0. The van der Waals surface area contributed by atoms with E-state index in [9.17, 15) is 0 Å². The second-order valence-corrected chi connectivity index (χ2v) is 7.77. The lowest BCUT2D eigenvalue weighted by Crippen LogP contribution is -3.00. The van der Waals surface area contributed by atoms with E-state index in [1.165, 1.54) is 5.56 Å². The van der Waals surface area contributed by atoms with Gasteiger partial charge in [-0.15, -0.1) is 7.98 Å². The first kappa shape index (κ1) is 21.6. The van der Waals surface area contributed by atoms with Crippen LogP contribution in [0.25, 0.3) is 0 Å². The summed E-state index contributed by atoms with van der Waals surface area (Å²) < 4.78 is 1.57. The molecule has 0 bridgehead atoms. The quantitative estimate of drug-likeness (QED) is 0.480. The number of aryl methyl sites for hydroxylation is 1. The number of hydrogen-bond donors (Lipinski definition) is 2. The van der Waals surface area contributed by atoms with Crippen LogP contribution in [0.1, 0.15) is 5.56 Å². The minimum absolute atomic E-state index is 0.730. The number of aliphatic imine (C=N–C) groups is 1. The van der Waals surface area contributed by atoms with Crippen molar-refractivity contribution in [2.24, 2.45) is 4.99 Å². The van der Waals surface area contributed by atoms with Crippen molar-refractivity contribution in [3.05, 3.63) is 103 Å². The van der Waals surface area contributed by atoms with E-state index in [0.29, 0.717) is 0 Å². The average Bonchev–Trinajstić information content (AvgIpc) is 2.81. The Hall–Kier alpha value is -3.63. The molecule has 0 saturated carbocycles. The van der Waals surface area contributed by atoms with Crippen LogP contribution in [0, 0.1) is 6.92 Å². The van der Waals surface area contributed by atoms with Crippen molar-refractivity contribution in [2.45, 2.75) is 6.92 Å². The Balaban J connectivity index is 1.42. The van der Waals surface area contributed by atoms with Gasteiger partial charge in [-0.3, -0.25) is 0 Å². The van der Waals surface area contributed by atoms with E-state index in [4.69, 9.17) is 16.0 Å². The Morgan fingerprint density at radius 2 is 1.25 bits per heavy atom. The normalized spacial score (nSPS) is 13.8. The molecule has 0 fully saturated rings. The van der Waals surface area contributed by atoms with E-state index in [2.05, 4.69) is 41.5 Å². The molecule has 32 heavy (non-hydrogen) atoms. The highest BCUT2D eigenvalue weighted by atomic mass is 15.0. The Labute approximate surface area is 192 Å². The molecule has 0 aliphatic heterocycles. The van der Waals surface area contributed by atoms with Crippen molar-refractivity contribution in [1.82, 2.24) is 0 Å². The zero-order valence-electron chi connectivity index (χ0n) is 18.3. The molecule has 3 aromatic carbocycles. The fourth-order valence-electron chi connectivity index (χ4n) is 3.33. The van der Waals surface area contributed by atoms with E-state index >= 15 is 0 Å². The van der Waals surface area contributed by atoms with E-state index < -0.39 is 0 Å². The van der Waals surface area contributed by atoms with Crippen molar-refractivity contribution >= 4 is 55.8 Å². The zero-order chi connectivity index (χ0) is 22.5. The standard InChI is InChI=1S/C26H24B2N4/c1-19-3-5-20(6-4-19)29-22-9-15-25(16-10-22)32(28)26-17-11-23(12-18-26)30-21-7-13-24(14-8-21)31(2)27/h3-18,29,32H,1-2H3. The molecule has 6 radical (unpaired) electrons. The van der Waals surface area contributed by atoms with Gasteiger partial charge >= 0.3 is 0 Å². The van der Waals surface area contributed by atoms with Crippen LogP contribution in [0.4, 0.5) is 28.4 Å².